The van der Waals surface area contributed by atoms with Gasteiger partial charge in [0.1, 0.15) is 0 Å². The third kappa shape index (κ3) is 4.93. The van der Waals surface area contributed by atoms with Crippen molar-refractivity contribution < 1.29 is 14.3 Å². The van der Waals surface area contributed by atoms with Gasteiger partial charge in [0, 0.05) is 24.3 Å². The predicted octanol–water partition coefficient (Wildman–Crippen LogP) is 2.25. The van der Waals surface area contributed by atoms with E-state index in [0.29, 0.717) is 30.9 Å². The molecule has 2 aromatic rings. The molecule has 0 bridgehead atoms. The number of nitrogens with one attached hydrogen (secondary N) is 1. The molecule has 2 amide bonds. The van der Waals surface area contributed by atoms with Gasteiger partial charge in [-0.05, 0) is 42.3 Å². The molecule has 0 aliphatic heterocycles. The summed E-state index contributed by atoms with van der Waals surface area (Å²) in [4.78, 5) is 23.1. The first-order valence-electron chi connectivity index (χ1n) is 7.43. The molecule has 0 saturated heterocycles. The summed E-state index contributed by atoms with van der Waals surface area (Å²) in [6.07, 6.45) is 0. The second-order valence-electron chi connectivity index (χ2n) is 5.08. The molecule has 0 unspecified atom stereocenters. The molecule has 5 heteroatoms. The molecule has 2 aromatic carbocycles. The quantitative estimate of drug-likeness (QED) is 0.822. The smallest absolute Gasteiger partial charge is 0.251 e. The molecule has 5 nitrogen and oxygen atoms in total. The highest BCUT2D eigenvalue weighted by atomic mass is 16.5. The lowest BCUT2D eigenvalue weighted by Crippen LogP contribution is -2.23. The van der Waals surface area contributed by atoms with E-state index in [1.165, 1.54) is 0 Å². The summed E-state index contributed by atoms with van der Waals surface area (Å²) < 4.78 is 5.37. The molecule has 23 heavy (non-hydrogen) atoms. The molecule has 0 saturated carbocycles. The highest BCUT2D eigenvalue weighted by Gasteiger charge is 2.07. The van der Waals surface area contributed by atoms with E-state index in [9.17, 15) is 9.59 Å². The maximum Gasteiger partial charge on any atom is 0.251 e. The Morgan fingerprint density at radius 3 is 2.35 bits per heavy atom. The number of rotatable bonds is 7. The zero-order valence-electron chi connectivity index (χ0n) is 13.0. The molecule has 2 rings (SSSR count). The van der Waals surface area contributed by atoms with Crippen LogP contribution >= 0.6 is 0 Å². The van der Waals surface area contributed by atoms with Crippen LogP contribution in [0.15, 0.2) is 48.5 Å². The lowest BCUT2D eigenvalue weighted by Gasteiger charge is -2.08. The first-order chi connectivity index (χ1) is 11.1. The van der Waals surface area contributed by atoms with E-state index in [-0.39, 0.29) is 5.91 Å². The first-order valence-corrected chi connectivity index (χ1v) is 7.43. The van der Waals surface area contributed by atoms with Crippen LogP contribution in [-0.2, 0) is 17.9 Å². The van der Waals surface area contributed by atoms with Crippen LogP contribution in [0, 0.1) is 0 Å². The summed E-state index contributed by atoms with van der Waals surface area (Å²) in [7, 11) is 0. The predicted molar refractivity (Wildman–Crippen MR) is 87.9 cm³/mol. The largest absolute Gasteiger partial charge is 0.377 e. The Morgan fingerprint density at radius 1 is 1.04 bits per heavy atom. The minimum Gasteiger partial charge on any atom is -0.377 e. The number of carbonyl (C=O) groups is 2. The highest BCUT2D eigenvalue weighted by molar-refractivity contribution is 5.97. The fourth-order valence-electron chi connectivity index (χ4n) is 2.12. The van der Waals surface area contributed by atoms with E-state index in [0.717, 1.165) is 11.1 Å². The van der Waals surface area contributed by atoms with Gasteiger partial charge >= 0.3 is 0 Å². The van der Waals surface area contributed by atoms with Crippen molar-refractivity contribution in [3.8, 4) is 0 Å². The molecule has 0 spiro atoms. The Morgan fingerprint density at radius 2 is 1.70 bits per heavy atom. The van der Waals surface area contributed by atoms with Gasteiger partial charge in [-0.3, -0.25) is 9.59 Å². The van der Waals surface area contributed by atoms with E-state index >= 15 is 0 Å². The second kappa shape index (κ2) is 8.10. The zero-order valence-corrected chi connectivity index (χ0v) is 13.0. The van der Waals surface area contributed by atoms with Crippen molar-refractivity contribution in [3.63, 3.8) is 0 Å². The summed E-state index contributed by atoms with van der Waals surface area (Å²) in [5, 5.41) is 2.85. The van der Waals surface area contributed by atoms with Crippen molar-refractivity contribution in [2.75, 3.05) is 6.61 Å². The Labute approximate surface area is 135 Å². The fourth-order valence-corrected chi connectivity index (χ4v) is 2.12. The molecule has 3 N–H and O–H groups in total. The second-order valence-corrected chi connectivity index (χ2v) is 5.08. The Kier molecular flexibility index (Phi) is 5.88. The van der Waals surface area contributed by atoms with Gasteiger partial charge in [0.05, 0.1) is 6.61 Å². The maximum absolute atomic E-state index is 12.1. The lowest BCUT2D eigenvalue weighted by molar-refractivity contribution is 0.0948. The normalized spacial score (nSPS) is 10.3. The fraction of sp³-hybridized carbons (Fsp3) is 0.222. The van der Waals surface area contributed by atoms with E-state index in [4.69, 9.17) is 10.5 Å². The van der Waals surface area contributed by atoms with Crippen LogP contribution in [0.2, 0.25) is 0 Å². The number of benzene rings is 2. The third-order valence-electron chi connectivity index (χ3n) is 3.35. The SMILES string of the molecule is CCOCc1cccc(CNC(=O)c2ccc(C(N)=O)cc2)c1. The van der Waals surface area contributed by atoms with Gasteiger partial charge in [0.15, 0.2) is 0 Å². The van der Waals surface area contributed by atoms with Gasteiger partial charge in [0.25, 0.3) is 5.91 Å². The van der Waals surface area contributed by atoms with Crippen molar-refractivity contribution in [1.29, 1.82) is 0 Å². The zero-order chi connectivity index (χ0) is 16.7. The number of hydrogen-bond acceptors (Lipinski definition) is 3. The highest BCUT2D eigenvalue weighted by Crippen LogP contribution is 2.08. The van der Waals surface area contributed by atoms with E-state index in [2.05, 4.69) is 5.32 Å². The summed E-state index contributed by atoms with van der Waals surface area (Å²) in [5.74, 6) is -0.709. The molecular formula is C18H20N2O3. The third-order valence-corrected chi connectivity index (χ3v) is 3.35. The monoisotopic (exact) mass is 312 g/mol. The van der Waals surface area contributed by atoms with Gasteiger partial charge in [-0.2, -0.15) is 0 Å². The number of carbonyl (C=O) groups excluding carboxylic acids is 2. The van der Waals surface area contributed by atoms with Crippen molar-refractivity contribution in [2.45, 2.75) is 20.1 Å². The molecule has 0 aromatic heterocycles. The molecule has 0 aliphatic carbocycles. The van der Waals surface area contributed by atoms with Crippen molar-refractivity contribution in [1.82, 2.24) is 5.32 Å². The average Bonchev–Trinajstić information content (AvgIpc) is 2.58. The molecule has 0 heterocycles. The minimum absolute atomic E-state index is 0.198. The van der Waals surface area contributed by atoms with Gasteiger partial charge in [-0.15, -0.1) is 0 Å². The van der Waals surface area contributed by atoms with Gasteiger partial charge in [-0.1, -0.05) is 24.3 Å². The number of amides is 2. The first kappa shape index (κ1) is 16.7. The molecule has 0 aliphatic rings. The Bertz CT molecular complexity index is 681. The molecular weight excluding hydrogens is 292 g/mol. The van der Waals surface area contributed by atoms with Crippen LogP contribution in [0.4, 0.5) is 0 Å². The number of primary amides is 1. The maximum atomic E-state index is 12.1. The molecule has 0 atom stereocenters. The van der Waals surface area contributed by atoms with Crippen LogP contribution in [0.1, 0.15) is 38.8 Å². The van der Waals surface area contributed by atoms with Crippen molar-refractivity contribution >= 4 is 11.8 Å². The van der Waals surface area contributed by atoms with E-state index in [1.807, 2.05) is 31.2 Å². The summed E-state index contributed by atoms with van der Waals surface area (Å²) in [5.41, 5.74) is 8.12. The van der Waals surface area contributed by atoms with Crippen LogP contribution in [0.5, 0.6) is 0 Å². The molecule has 0 fully saturated rings. The van der Waals surface area contributed by atoms with Crippen LogP contribution < -0.4 is 11.1 Å². The number of hydrogen-bond donors (Lipinski definition) is 2. The molecule has 0 radical (unpaired) electrons. The number of ether oxygens (including phenoxy) is 1. The van der Waals surface area contributed by atoms with E-state index in [1.54, 1.807) is 24.3 Å². The average molecular weight is 312 g/mol. The lowest BCUT2D eigenvalue weighted by atomic mass is 10.1. The van der Waals surface area contributed by atoms with Gasteiger partial charge < -0.3 is 15.8 Å². The van der Waals surface area contributed by atoms with Crippen LogP contribution in [0.25, 0.3) is 0 Å². The van der Waals surface area contributed by atoms with Crippen molar-refractivity contribution in [3.05, 3.63) is 70.8 Å². The van der Waals surface area contributed by atoms with Gasteiger partial charge in [0.2, 0.25) is 5.91 Å². The standard InChI is InChI=1S/C18H20N2O3/c1-2-23-12-14-5-3-4-13(10-14)11-20-18(22)16-8-6-15(7-9-16)17(19)21/h3-10H,2,11-12H2,1H3,(H2,19,21)(H,20,22). The topological polar surface area (TPSA) is 81.4 Å². The summed E-state index contributed by atoms with van der Waals surface area (Å²) in [6, 6.07) is 14.1. The van der Waals surface area contributed by atoms with Crippen LogP contribution in [-0.4, -0.2) is 18.4 Å². The summed E-state index contributed by atoms with van der Waals surface area (Å²) in [6.45, 7) is 3.61. The van der Waals surface area contributed by atoms with Crippen LogP contribution in [0.3, 0.4) is 0 Å². The minimum atomic E-state index is -0.511. The van der Waals surface area contributed by atoms with Crippen molar-refractivity contribution in [2.24, 2.45) is 5.73 Å². The Balaban J connectivity index is 1.94. The Hall–Kier alpha value is -2.66. The molecule has 120 valence electrons. The van der Waals surface area contributed by atoms with E-state index < -0.39 is 5.91 Å². The summed E-state index contributed by atoms with van der Waals surface area (Å²) >= 11 is 0. The number of nitrogens with two attached hydrogens (primary N) is 1. The van der Waals surface area contributed by atoms with Gasteiger partial charge in [-0.25, -0.2) is 0 Å².